The van der Waals surface area contributed by atoms with Crippen LogP contribution in [0.15, 0.2) is 21.5 Å². The van der Waals surface area contributed by atoms with Crippen LogP contribution in [0.3, 0.4) is 0 Å². The van der Waals surface area contributed by atoms with Crippen molar-refractivity contribution >= 4 is 46.0 Å². The average Bonchev–Trinajstić information content (AvgIpc) is 3.46. The zero-order valence-electron chi connectivity index (χ0n) is 16.4. The molecule has 2 atom stereocenters. The largest absolute Gasteiger partial charge is 0.798 e. The van der Waals surface area contributed by atoms with E-state index in [1.807, 2.05) is 18.7 Å². The fourth-order valence-electron chi connectivity index (χ4n) is 4.16. The predicted molar refractivity (Wildman–Crippen MR) is 112 cm³/mol. The smallest absolute Gasteiger partial charge is 0.474 e. The number of carbonyl (C=O) groups is 1. The van der Waals surface area contributed by atoms with Gasteiger partial charge in [-0.05, 0) is 48.7 Å². The Balaban J connectivity index is 1.92. The van der Waals surface area contributed by atoms with E-state index in [0.717, 1.165) is 18.9 Å². The highest BCUT2D eigenvalue weighted by atomic mass is 79.9. The van der Waals surface area contributed by atoms with Crippen LogP contribution in [0.2, 0.25) is 0 Å². The van der Waals surface area contributed by atoms with E-state index in [1.54, 1.807) is 4.57 Å². The summed E-state index contributed by atoms with van der Waals surface area (Å²) >= 11 is 3.49. The molecule has 1 aromatic carbocycles. The van der Waals surface area contributed by atoms with Crippen molar-refractivity contribution in [2.24, 2.45) is 0 Å². The Labute approximate surface area is 179 Å². The molecule has 2 fully saturated rings. The third kappa shape index (κ3) is 3.84. The third-order valence-electron chi connectivity index (χ3n) is 5.41. The number of benzene rings is 1. The Kier molecular flexibility index (Phi) is 5.61. The van der Waals surface area contributed by atoms with Crippen LogP contribution < -0.4 is 15.6 Å². The lowest BCUT2D eigenvalue weighted by Gasteiger charge is -2.38. The quantitative estimate of drug-likeness (QED) is 0.671. The minimum Gasteiger partial charge on any atom is -0.474 e. The molecule has 160 valence electrons. The molecule has 1 aliphatic heterocycles. The van der Waals surface area contributed by atoms with Crippen LogP contribution in [-0.2, 0) is 4.65 Å². The monoisotopic (exact) mass is 485 g/mol. The standard InChI is InChI=1S/C19H20BBrF3N3O3/c1-9-6-26(7-10(2)25-9)17-14(22)5-12-16(15(17)21)27(11-3-4-11)8-13(18(12)28)19(29)30-20(23)24/h5,8-11,25H,3-4,6-7H2,1-2H3. The Hall–Kier alpha value is -2.01. The summed E-state index contributed by atoms with van der Waals surface area (Å²) in [5.74, 6) is -2.04. The molecule has 0 spiro atoms. The molecular weight excluding hydrogens is 466 g/mol. The van der Waals surface area contributed by atoms with Crippen molar-refractivity contribution in [2.75, 3.05) is 18.0 Å². The molecule has 2 unspecified atom stereocenters. The first kappa shape index (κ1) is 21.2. The summed E-state index contributed by atoms with van der Waals surface area (Å²) in [4.78, 5) is 26.8. The van der Waals surface area contributed by atoms with Crippen LogP contribution in [0.1, 0.15) is 43.1 Å². The van der Waals surface area contributed by atoms with Crippen LogP contribution in [0.25, 0.3) is 10.9 Å². The van der Waals surface area contributed by atoms with Gasteiger partial charge < -0.3 is 19.4 Å². The molecular formula is C19H20BBrF3N3O3. The maximum Gasteiger partial charge on any atom is 0.798 e. The molecule has 1 saturated heterocycles. The number of nitrogens with one attached hydrogen (secondary N) is 1. The second-order valence-corrected chi connectivity index (χ2v) is 8.76. The first-order valence-corrected chi connectivity index (χ1v) is 10.5. The number of piperazine rings is 1. The van der Waals surface area contributed by atoms with Crippen LogP contribution in [0.4, 0.5) is 18.7 Å². The number of pyridine rings is 1. The van der Waals surface area contributed by atoms with Crippen LogP contribution in [0.5, 0.6) is 0 Å². The Bertz CT molecular complexity index is 1070. The zero-order chi connectivity index (χ0) is 21.7. The Morgan fingerprint density at radius 2 is 1.90 bits per heavy atom. The normalized spacial score (nSPS) is 21.7. The average molecular weight is 486 g/mol. The second-order valence-electron chi connectivity index (χ2n) is 7.97. The molecule has 4 rings (SSSR count). The molecule has 0 amide bonds. The van der Waals surface area contributed by atoms with Crippen molar-refractivity contribution in [3.05, 3.63) is 38.3 Å². The summed E-state index contributed by atoms with van der Waals surface area (Å²) in [5, 5.41) is 3.35. The fraction of sp³-hybridized carbons (Fsp3) is 0.474. The summed E-state index contributed by atoms with van der Waals surface area (Å²) in [5.41, 5.74) is -0.565. The maximum atomic E-state index is 15.2. The number of hydrogen-bond donors (Lipinski definition) is 1. The molecule has 1 N–H and O–H groups in total. The summed E-state index contributed by atoms with van der Waals surface area (Å²) in [7, 11) is -3.34. The lowest BCUT2D eigenvalue weighted by atomic mass is 10.1. The third-order valence-corrected chi connectivity index (χ3v) is 6.17. The highest BCUT2D eigenvalue weighted by Crippen LogP contribution is 2.42. The molecule has 2 heterocycles. The molecule has 1 aliphatic carbocycles. The molecule has 0 radical (unpaired) electrons. The molecule has 0 bridgehead atoms. The Morgan fingerprint density at radius 3 is 2.47 bits per heavy atom. The van der Waals surface area contributed by atoms with Crippen LogP contribution >= 0.6 is 15.9 Å². The number of halogens is 4. The van der Waals surface area contributed by atoms with E-state index in [4.69, 9.17) is 0 Å². The van der Waals surface area contributed by atoms with Gasteiger partial charge in [0.1, 0.15) is 11.4 Å². The van der Waals surface area contributed by atoms with E-state index in [1.165, 1.54) is 6.20 Å². The van der Waals surface area contributed by atoms with E-state index >= 15 is 4.39 Å². The topological polar surface area (TPSA) is 63.6 Å². The van der Waals surface area contributed by atoms with Gasteiger partial charge in [0, 0.05) is 37.4 Å². The summed E-state index contributed by atoms with van der Waals surface area (Å²) < 4.78 is 46.3. The number of nitrogens with zero attached hydrogens (tertiary/aromatic N) is 2. The van der Waals surface area contributed by atoms with Crippen molar-refractivity contribution in [2.45, 2.75) is 44.8 Å². The first-order chi connectivity index (χ1) is 14.2. The maximum absolute atomic E-state index is 15.2. The molecule has 11 heteroatoms. The van der Waals surface area contributed by atoms with Gasteiger partial charge in [0.05, 0.1) is 21.1 Å². The molecule has 1 aromatic heterocycles. The van der Waals surface area contributed by atoms with Crippen molar-refractivity contribution in [3.63, 3.8) is 0 Å². The molecule has 6 nitrogen and oxygen atoms in total. The summed E-state index contributed by atoms with van der Waals surface area (Å²) in [6, 6.07) is 1.38. The zero-order valence-corrected chi connectivity index (χ0v) is 18.0. The number of aromatic nitrogens is 1. The van der Waals surface area contributed by atoms with Crippen LogP contribution in [-0.4, -0.2) is 43.2 Å². The fourth-order valence-corrected chi connectivity index (χ4v) is 5.02. The van der Waals surface area contributed by atoms with Gasteiger partial charge in [-0.25, -0.2) is 17.8 Å². The number of rotatable bonds is 4. The van der Waals surface area contributed by atoms with Crippen molar-refractivity contribution in [1.29, 1.82) is 0 Å². The van der Waals surface area contributed by atoms with Gasteiger partial charge in [0.25, 0.3) is 0 Å². The highest BCUT2D eigenvalue weighted by Gasteiger charge is 2.33. The second kappa shape index (κ2) is 7.92. The van der Waals surface area contributed by atoms with Crippen LogP contribution in [0, 0.1) is 5.82 Å². The SMILES string of the molecule is CC1CN(c2c(F)cc3c(=O)c(C(=O)OB(F)F)cn(C4CC4)c3c2Br)CC(C)N1. The van der Waals surface area contributed by atoms with Gasteiger partial charge in [-0.15, -0.1) is 0 Å². The van der Waals surface area contributed by atoms with Gasteiger partial charge in [-0.1, -0.05) is 0 Å². The van der Waals surface area contributed by atoms with Gasteiger partial charge in [0.15, 0.2) is 0 Å². The number of hydrogen-bond acceptors (Lipinski definition) is 5. The summed E-state index contributed by atoms with van der Waals surface area (Å²) in [6.45, 7) is 5.18. The molecule has 2 aromatic rings. The molecule has 1 saturated carbocycles. The number of anilines is 1. The van der Waals surface area contributed by atoms with E-state index in [0.29, 0.717) is 28.8 Å². The summed E-state index contributed by atoms with van der Waals surface area (Å²) in [6.07, 6.45) is 2.87. The van der Waals surface area contributed by atoms with Crippen molar-refractivity contribution in [3.8, 4) is 0 Å². The van der Waals surface area contributed by atoms with Crippen molar-refractivity contribution < 1.29 is 22.5 Å². The van der Waals surface area contributed by atoms with Gasteiger partial charge in [-0.2, -0.15) is 0 Å². The van der Waals surface area contributed by atoms with Gasteiger partial charge >= 0.3 is 13.4 Å². The molecule has 30 heavy (non-hydrogen) atoms. The lowest BCUT2D eigenvalue weighted by molar-refractivity contribution is 0.0693. The first-order valence-electron chi connectivity index (χ1n) is 9.74. The van der Waals surface area contributed by atoms with E-state index in [-0.39, 0.29) is 23.5 Å². The lowest BCUT2D eigenvalue weighted by Crippen LogP contribution is -2.54. The highest BCUT2D eigenvalue weighted by molar-refractivity contribution is 9.10. The van der Waals surface area contributed by atoms with E-state index in [9.17, 15) is 18.2 Å². The minimum absolute atomic E-state index is 0.00156. The van der Waals surface area contributed by atoms with E-state index in [2.05, 4.69) is 25.9 Å². The number of fused-ring (bicyclic) bond motifs is 1. The predicted octanol–water partition coefficient (Wildman–Crippen LogP) is 3.51. The van der Waals surface area contributed by atoms with Crippen molar-refractivity contribution in [1.82, 2.24) is 9.88 Å². The number of carbonyl (C=O) groups excluding carboxylic acids is 1. The van der Waals surface area contributed by atoms with Gasteiger partial charge in [-0.3, -0.25) is 4.79 Å². The molecule has 2 aliphatic rings. The minimum atomic E-state index is -3.34. The van der Waals surface area contributed by atoms with E-state index < -0.39 is 30.2 Å². The Morgan fingerprint density at radius 1 is 1.27 bits per heavy atom. The van der Waals surface area contributed by atoms with Gasteiger partial charge in [0.2, 0.25) is 5.43 Å².